The highest BCUT2D eigenvalue weighted by atomic mass is 16.5. The van der Waals surface area contributed by atoms with Gasteiger partial charge in [0.05, 0.1) is 19.2 Å². The lowest BCUT2D eigenvalue weighted by Gasteiger charge is -2.33. The predicted octanol–water partition coefficient (Wildman–Crippen LogP) is 3.76. The minimum absolute atomic E-state index is 0.0872. The van der Waals surface area contributed by atoms with Crippen LogP contribution in [0, 0.1) is 13.8 Å². The number of aromatic amines is 1. The number of piperidine rings is 1. The van der Waals surface area contributed by atoms with Gasteiger partial charge >= 0.3 is 0 Å². The van der Waals surface area contributed by atoms with Crippen molar-refractivity contribution in [1.29, 1.82) is 0 Å². The molecule has 0 amide bonds. The number of methoxy groups -OCH3 is 1. The van der Waals surface area contributed by atoms with Crippen molar-refractivity contribution in [2.24, 2.45) is 0 Å². The van der Waals surface area contributed by atoms with E-state index >= 15 is 0 Å². The van der Waals surface area contributed by atoms with Gasteiger partial charge in [0.25, 0.3) is 5.56 Å². The summed E-state index contributed by atoms with van der Waals surface area (Å²) in [6.07, 6.45) is 3.40. The largest absolute Gasteiger partial charge is 0.497 e. The highest BCUT2D eigenvalue weighted by Crippen LogP contribution is 2.30. The molecule has 8 nitrogen and oxygen atoms in total. The lowest BCUT2D eigenvalue weighted by Crippen LogP contribution is -2.38. The summed E-state index contributed by atoms with van der Waals surface area (Å²) in [6.45, 7) is 6.44. The molecule has 1 aliphatic rings. The highest BCUT2D eigenvalue weighted by molar-refractivity contribution is 5.83. The topological polar surface area (TPSA) is 88.9 Å². The zero-order valence-electron chi connectivity index (χ0n) is 19.9. The third-order valence-corrected chi connectivity index (χ3v) is 6.93. The van der Waals surface area contributed by atoms with Gasteiger partial charge in [0.2, 0.25) is 0 Å². The smallest absolute Gasteiger partial charge is 0.253 e. The van der Waals surface area contributed by atoms with Gasteiger partial charge in [-0.05, 0) is 90.5 Å². The minimum atomic E-state index is -0.316. The van der Waals surface area contributed by atoms with Gasteiger partial charge in [-0.2, -0.15) is 0 Å². The van der Waals surface area contributed by atoms with E-state index < -0.39 is 0 Å². The second-order valence-corrected chi connectivity index (χ2v) is 9.07. The maximum atomic E-state index is 13.4. The maximum absolute atomic E-state index is 13.4. The van der Waals surface area contributed by atoms with Crippen LogP contribution in [0.5, 0.6) is 5.75 Å². The van der Waals surface area contributed by atoms with E-state index in [0.717, 1.165) is 59.3 Å². The number of benzene rings is 2. The minimum Gasteiger partial charge on any atom is -0.497 e. The van der Waals surface area contributed by atoms with E-state index in [-0.39, 0.29) is 11.6 Å². The molecule has 0 saturated carbocycles. The summed E-state index contributed by atoms with van der Waals surface area (Å²) in [4.78, 5) is 18.9. The van der Waals surface area contributed by atoms with E-state index in [1.165, 1.54) is 6.42 Å². The van der Waals surface area contributed by atoms with E-state index in [0.29, 0.717) is 17.9 Å². The normalized spacial score (nSPS) is 15.5. The quantitative estimate of drug-likeness (QED) is 0.473. The van der Waals surface area contributed by atoms with Crippen molar-refractivity contribution in [3.8, 4) is 5.75 Å². The Bertz CT molecular complexity index is 1350. The van der Waals surface area contributed by atoms with Crippen molar-refractivity contribution in [2.45, 2.75) is 45.7 Å². The number of aromatic nitrogens is 5. The van der Waals surface area contributed by atoms with Gasteiger partial charge in [0.1, 0.15) is 11.8 Å². The number of likely N-dealkylation sites (tertiary alicyclic amines) is 1. The first kappa shape index (κ1) is 22.3. The van der Waals surface area contributed by atoms with E-state index in [4.69, 9.17) is 4.74 Å². The SMILES string of the molecule is COc1ccc(Cn2nnnc2[C@@H](c2cc3ccc(C)c(C)c3[nH]c2=O)N2CCCCC2)cc1. The van der Waals surface area contributed by atoms with Crippen molar-refractivity contribution in [3.63, 3.8) is 0 Å². The Kier molecular flexibility index (Phi) is 6.15. The number of hydrogen-bond donors (Lipinski definition) is 1. The Labute approximate surface area is 198 Å². The number of nitrogens with zero attached hydrogens (tertiary/aromatic N) is 5. The molecule has 2 aromatic heterocycles. The van der Waals surface area contributed by atoms with E-state index in [2.05, 4.69) is 44.5 Å². The summed E-state index contributed by atoms with van der Waals surface area (Å²) < 4.78 is 7.09. The van der Waals surface area contributed by atoms with Crippen LogP contribution in [0.25, 0.3) is 10.9 Å². The summed E-state index contributed by atoms with van der Waals surface area (Å²) in [5.41, 5.74) is 4.81. The number of aryl methyl sites for hydroxylation is 2. The fourth-order valence-electron chi connectivity index (χ4n) is 4.84. The van der Waals surface area contributed by atoms with Crippen LogP contribution in [0.15, 0.2) is 47.3 Å². The summed E-state index contributed by atoms with van der Waals surface area (Å²) in [6, 6.07) is 13.8. The van der Waals surface area contributed by atoms with Crippen LogP contribution in [0.2, 0.25) is 0 Å². The number of H-pyrrole nitrogens is 1. The van der Waals surface area contributed by atoms with Crippen molar-refractivity contribution >= 4 is 10.9 Å². The molecular weight excluding hydrogens is 428 g/mol. The molecule has 176 valence electrons. The molecule has 4 aromatic rings. The van der Waals surface area contributed by atoms with Gasteiger partial charge < -0.3 is 9.72 Å². The first-order chi connectivity index (χ1) is 16.5. The second kappa shape index (κ2) is 9.38. The Balaban J connectivity index is 1.59. The van der Waals surface area contributed by atoms with Crippen LogP contribution in [-0.4, -0.2) is 50.3 Å². The van der Waals surface area contributed by atoms with Crippen molar-refractivity contribution < 1.29 is 4.74 Å². The summed E-state index contributed by atoms with van der Waals surface area (Å²) >= 11 is 0. The molecule has 0 bridgehead atoms. The van der Waals surface area contributed by atoms with Crippen LogP contribution in [0.3, 0.4) is 0 Å². The molecule has 1 atom stereocenters. The Morgan fingerprint density at radius 1 is 1.06 bits per heavy atom. The zero-order valence-corrected chi connectivity index (χ0v) is 19.9. The average Bonchev–Trinajstić information content (AvgIpc) is 3.31. The lowest BCUT2D eigenvalue weighted by atomic mass is 9.98. The molecule has 1 N–H and O–H groups in total. The first-order valence-electron chi connectivity index (χ1n) is 11.8. The number of pyridine rings is 1. The summed E-state index contributed by atoms with van der Waals surface area (Å²) in [7, 11) is 1.65. The van der Waals surface area contributed by atoms with Gasteiger partial charge in [-0.3, -0.25) is 9.69 Å². The number of fused-ring (bicyclic) bond motifs is 1. The Morgan fingerprint density at radius 3 is 2.56 bits per heavy atom. The molecule has 8 heteroatoms. The Morgan fingerprint density at radius 2 is 1.82 bits per heavy atom. The van der Waals surface area contributed by atoms with E-state index in [1.54, 1.807) is 7.11 Å². The molecule has 34 heavy (non-hydrogen) atoms. The van der Waals surface area contributed by atoms with E-state index in [1.807, 2.05) is 41.9 Å². The van der Waals surface area contributed by atoms with Gasteiger partial charge in [0.15, 0.2) is 5.82 Å². The van der Waals surface area contributed by atoms with Crippen molar-refractivity contribution in [3.05, 3.63) is 80.9 Å². The zero-order chi connectivity index (χ0) is 23.7. The maximum Gasteiger partial charge on any atom is 0.253 e. The van der Waals surface area contributed by atoms with E-state index in [9.17, 15) is 4.79 Å². The number of rotatable bonds is 6. The number of nitrogens with one attached hydrogen (secondary N) is 1. The molecular formula is C26H30N6O2. The van der Waals surface area contributed by atoms with Crippen molar-refractivity contribution in [1.82, 2.24) is 30.1 Å². The monoisotopic (exact) mass is 458 g/mol. The molecule has 0 radical (unpaired) electrons. The van der Waals surface area contributed by atoms with Gasteiger partial charge in [-0.1, -0.05) is 30.7 Å². The molecule has 0 spiro atoms. The van der Waals surface area contributed by atoms with Crippen LogP contribution in [0.1, 0.15) is 53.4 Å². The highest BCUT2D eigenvalue weighted by Gasteiger charge is 2.31. The van der Waals surface area contributed by atoms with Gasteiger partial charge in [-0.15, -0.1) is 5.10 Å². The number of ether oxygens (including phenoxy) is 1. The number of hydrogen-bond acceptors (Lipinski definition) is 6. The van der Waals surface area contributed by atoms with Gasteiger partial charge in [0, 0.05) is 5.56 Å². The molecule has 1 aliphatic heterocycles. The van der Waals surface area contributed by atoms with Crippen molar-refractivity contribution in [2.75, 3.05) is 20.2 Å². The molecule has 2 aromatic carbocycles. The molecule has 0 aliphatic carbocycles. The molecule has 1 saturated heterocycles. The molecule has 1 fully saturated rings. The summed E-state index contributed by atoms with van der Waals surface area (Å²) in [5, 5.41) is 13.8. The molecule has 5 rings (SSSR count). The fraction of sp³-hybridized carbons (Fsp3) is 0.385. The Hall–Kier alpha value is -3.52. The second-order valence-electron chi connectivity index (χ2n) is 9.07. The predicted molar refractivity (Wildman–Crippen MR) is 131 cm³/mol. The third kappa shape index (κ3) is 4.21. The van der Waals surface area contributed by atoms with Crippen LogP contribution in [-0.2, 0) is 6.54 Å². The average molecular weight is 459 g/mol. The third-order valence-electron chi connectivity index (χ3n) is 6.93. The number of tetrazole rings is 1. The fourth-order valence-corrected chi connectivity index (χ4v) is 4.84. The molecule has 0 unspecified atom stereocenters. The van der Waals surface area contributed by atoms with Gasteiger partial charge in [-0.25, -0.2) is 4.68 Å². The first-order valence-corrected chi connectivity index (χ1v) is 11.8. The van der Waals surface area contributed by atoms with Crippen LogP contribution >= 0.6 is 0 Å². The van der Waals surface area contributed by atoms with Crippen LogP contribution in [0.4, 0.5) is 0 Å². The lowest BCUT2D eigenvalue weighted by molar-refractivity contribution is 0.177. The standard InChI is InChI=1S/C26H30N6O2/c1-17-7-10-20-15-22(26(33)27-23(20)18(17)2)24(31-13-5-4-6-14-31)25-28-29-30-32(25)16-19-8-11-21(34-3)12-9-19/h7-12,15,24H,4-6,13-14,16H2,1-3H3,(H,27,33)/t24-/m1/s1. The molecule has 3 heterocycles. The van der Waals surface area contributed by atoms with Crippen LogP contribution < -0.4 is 10.3 Å². The summed E-state index contributed by atoms with van der Waals surface area (Å²) in [5.74, 6) is 1.49.